The zero-order valence-electron chi connectivity index (χ0n) is 6.60. The molecule has 0 aromatic carbocycles. The van der Waals surface area contributed by atoms with Crippen molar-refractivity contribution in [2.75, 3.05) is 5.73 Å². The van der Waals surface area contributed by atoms with Gasteiger partial charge < -0.3 is 5.73 Å². The number of hydrogen-bond acceptors (Lipinski definition) is 5. The van der Waals surface area contributed by atoms with Crippen LogP contribution in [0.25, 0.3) is 0 Å². The molecule has 0 saturated carbocycles. The topological polar surface area (TPSA) is 51.8 Å². The van der Waals surface area contributed by atoms with Gasteiger partial charge in [0.15, 0.2) is 5.13 Å². The molecule has 2 N–H and O–H groups in total. The van der Waals surface area contributed by atoms with Crippen molar-refractivity contribution in [1.29, 1.82) is 0 Å². The summed E-state index contributed by atoms with van der Waals surface area (Å²) in [6.45, 7) is 1.92. The Morgan fingerprint density at radius 3 is 2.50 bits per heavy atom. The molecule has 5 heteroatoms. The summed E-state index contributed by atoms with van der Waals surface area (Å²) in [4.78, 5) is 7.65. The zero-order chi connectivity index (χ0) is 8.81. The van der Waals surface area contributed by atoms with Crippen LogP contribution >= 0.6 is 22.7 Å². The van der Waals surface area contributed by atoms with Gasteiger partial charge in [0.1, 0.15) is 0 Å². The molecule has 12 heavy (non-hydrogen) atoms. The lowest BCUT2D eigenvalue weighted by Gasteiger charge is -1.72. The zero-order valence-corrected chi connectivity index (χ0v) is 8.23. The highest BCUT2D eigenvalue weighted by Gasteiger charge is 1.86. The molecule has 2 rings (SSSR count). The van der Waals surface area contributed by atoms with Gasteiger partial charge in [0, 0.05) is 17.0 Å². The number of hydrogen-bond donors (Lipinski definition) is 1. The average molecular weight is 199 g/mol. The molecule has 0 saturated heterocycles. The maximum atomic E-state index is 5.29. The molecule has 0 spiro atoms. The van der Waals surface area contributed by atoms with Crippen LogP contribution in [0, 0.1) is 6.92 Å². The fourth-order valence-electron chi connectivity index (χ4n) is 0.548. The second-order valence-electron chi connectivity index (χ2n) is 2.00. The van der Waals surface area contributed by atoms with E-state index < -0.39 is 0 Å². The van der Waals surface area contributed by atoms with Crippen LogP contribution in [0.4, 0.5) is 5.13 Å². The summed E-state index contributed by atoms with van der Waals surface area (Å²) in [6, 6.07) is 0. The third-order valence-electron chi connectivity index (χ3n) is 0.984. The van der Waals surface area contributed by atoms with Crippen molar-refractivity contribution in [3.05, 3.63) is 28.2 Å². The Bertz CT molecular complexity index is 268. The Kier molecular flexibility index (Phi) is 3.69. The minimum atomic E-state index is 0.650. The van der Waals surface area contributed by atoms with Crippen molar-refractivity contribution in [1.82, 2.24) is 9.97 Å². The number of aromatic nitrogens is 2. The number of rotatable bonds is 0. The van der Waals surface area contributed by atoms with Crippen LogP contribution in [-0.4, -0.2) is 9.97 Å². The van der Waals surface area contributed by atoms with Gasteiger partial charge in [0.25, 0.3) is 0 Å². The second-order valence-corrected chi connectivity index (χ2v) is 3.65. The van der Waals surface area contributed by atoms with Crippen LogP contribution < -0.4 is 5.73 Å². The number of anilines is 1. The van der Waals surface area contributed by atoms with E-state index in [0.29, 0.717) is 5.13 Å². The molecule has 3 nitrogen and oxygen atoms in total. The highest BCUT2D eigenvalue weighted by molar-refractivity contribution is 7.13. The number of nitrogen functional groups attached to an aromatic ring is 1. The third kappa shape index (κ3) is 3.45. The lowest BCUT2D eigenvalue weighted by molar-refractivity contribution is 1.27. The van der Waals surface area contributed by atoms with E-state index in [-0.39, 0.29) is 0 Å². The first kappa shape index (κ1) is 9.15. The molecule has 0 atom stereocenters. The Morgan fingerprint density at radius 2 is 2.33 bits per heavy atom. The molecule has 0 bridgehead atoms. The summed E-state index contributed by atoms with van der Waals surface area (Å²) < 4.78 is 0. The molecule has 0 radical (unpaired) electrons. The molecular formula is C7H9N3S2. The van der Waals surface area contributed by atoms with Gasteiger partial charge in [0.2, 0.25) is 0 Å². The van der Waals surface area contributed by atoms with Gasteiger partial charge in [-0.25, -0.2) is 4.98 Å². The average Bonchev–Trinajstić information content (AvgIpc) is 2.63. The number of nitrogens with two attached hydrogens (primary N) is 1. The molecule has 0 fully saturated rings. The van der Waals surface area contributed by atoms with Gasteiger partial charge in [-0.1, -0.05) is 0 Å². The number of nitrogens with zero attached hydrogens (tertiary/aromatic N) is 2. The SMILES string of the molecule is Cc1csc(N)n1.c1cscn1. The van der Waals surface area contributed by atoms with E-state index in [9.17, 15) is 0 Å². The van der Waals surface area contributed by atoms with Crippen LogP contribution in [0.15, 0.2) is 22.5 Å². The van der Waals surface area contributed by atoms with Gasteiger partial charge in [-0.05, 0) is 6.92 Å². The van der Waals surface area contributed by atoms with E-state index in [0.717, 1.165) is 5.69 Å². The van der Waals surface area contributed by atoms with Gasteiger partial charge >= 0.3 is 0 Å². The van der Waals surface area contributed by atoms with Crippen molar-refractivity contribution in [2.24, 2.45) is 0 Å². The van der Waals surface area contributed by atoms with E-state index in [1.54, 1.807) is 23.0 Å². The molecule has 2 aromatic heterocycles. The lowest BCUT2D eigenvalue weighted by Crippen LogP contribution is -1.80. The molecule has 0 aliphatic rings. The predicted molar refractivity (Wildman–Crippen MR) is 53.4 cm³/mol. The molecule has 0 aliphatic heterocycles. The normalized spacial score (nSPS) is 8.75. The van der Waals surface area contributed by atoms with E-state index in [2.05, 4.69) is 9.97 Å². The molecule has 2 heterocycles. The highest BCUT2D eigenvalue weighted by atomic mass is 32.1. The van der Waals surface area contributed by atoms with Gasteiger partial charge in [-0.2, -0.15) is 0 Å². The highest BCUT2D eigenvalue weighted by Crippen LogP contribution is 2.08. The maximum absolute atomic E-state index is 5.29. The minimum Gasteiger partial charge on any atom is -0.375 e. The van der Waals surface area contributed by atoms with Gasteiger partial charge in [-0.15, -0.1) is 22.7 Å². The van der Waals surface area contributed by atoms with Crippen LogP contribution in [0.5, 0.6) is 0 Å². The number of thiazole rings is 2. The van der Waals surface area contributed by atoms with Gasteiger partial charge in [-0.3, -0.25) is 4.98 Å². The van der Waals surface area contributed by atoms with E-state index in [4.69, 9.17) is 5.73 Å². The first-order valence-electron chi connectivity index (χ1n) is 3.29. The molecule has 64 valence electrons. The van der Waals surface area contributed by atoms with Crippen molar-refractivity contribution in [2.45, 2.75) is 6.92 Å². The minimum absolute atomic E-state index is 0.650. The summed E-state index contributed by atoms with van der Waals surface area (Å²) >= 11 is 3.07. The molecule has 2 aromatic rings. The van der Waals surface area contributed by atoms with Crippen LogP contribution in [0.3, 0.4) is 0 Å². The Labute approximate surface area is 78.9 Å². The van der Waals surface area contributed by atoms with Crippen molar-refractivity contribution in [3.63, 3.8) is 0 Å². The molecule has 0 aliphatic carbocycles. The maximum Gasteiger partial charge on any atom is 0.180 e. The Balaban J connectivity index is 0.000000127. The van der Waals surface area contributed by atoms with Crippen LogP contribution in [-0.2, 0) is 0 Å². The predicted octanol–water partition coefficient (Wildman–Crippen LogP) is 2.18. The summed E-state index contributed by atoms with van der Waals surface area (Å²) in [7, 11) is 0. The van der Waals surface area contributed by atoms with Crippen molar-refractivity contribution < 1.29 is 0 Å². The lowest BCUT2D eigenvalue weighted by atomic mass is 10.6. The summed E-state index contributed by atoms with van der Waals surface area (Å²) in [5, 5.41) is 4.51. The Morgan fingerprint density at radius 1 is 1.50 bits per heavy atom. The van der Waals surface area contributed by atoms with Crippen molar-refractivity contribution in [3.8, 4) is 0 Å². The largest absolute Gasteiger partial charge is 0.375 e. The second kappa shape index (κ2) is 4.84. The number of aryl methyl sites for hydroxylation is 1. The van der Waals surface area contributed by atoms with E-state index >= 15 is 0 Å². The Hall–Kier alpha value is -0.940. The summed E-state index contributed by atoms with van der Waals surface area (Å²) in [6.07, 6.45) is 1.77. The molecule has 0 amide bonds. The van der Waals surface area contributed by atoms with E-state index in [1.807, 2.05) is 17.7 Å². The third-order valence-corrected chi connectivity index (χ3v) is 2.30. The standard InChI is InChI=1S/C4H6N2S.C3H3NS/c1-3-2-7-4(5)6-3;1-2-5-3-4-1/h2H,1H3,(H2,5,6);1-3H. The molecule has 0 unspecified atom stereocenters. The fraction of sp³-hybridized carbons (Fsp3) is 0.143. The molecular weight excluding hydrogens is 190 g/mol. The van der Waals surface area contributed by atoms with Crippen molar-refractivity contribution >= 4 is 27.8 Å². The van der Waals surface area contributed by atoms with Crippen LogP contribution in [0.2, 0.25) is 0 Å². The summed E-state index contributed by atoms with van der Waals surface area (Å²) in [5.41, 5.74) is 8.08. The quantitative estimate of drug-likeness (QED) is 0.707. The fourth-order valence-corrected chi connectivity index (χ4v) is 1.44. The summed E-state index contributed by atoms with van der Waals surface area (Å²) in [5.74, 6) is 0. The van der Waals surface area contributed by atoms with Crippen LogP contribution in [0.1, 0.15) is 5.69 Å². The monoisotopic (exact) mass is 199 g/mol. The first-order chi connectivity index (χ1) is 5.79. The first-order valence-corrected chi connectivity index (χ1v) is 5.11. The van der Waals surface area contributed by atoms with Gasteiger partial charge in [0.05, 0.1) is 11.2 Å². The van der Waals surface area contributed by atoms with E-state index in [1.165, 1.54) is 11.3 Å². The smallest absolute Gasteiger partial charge is 0.180 e.